The maximum absolute atomic E-state index is 9.23. The minimum atomic E-state index is -0.171. The molecular formula is C12H27N3O. The Labute approximate surface area is 99.4 Å². The van der Waals surface area contributed by atoms with Crippen LogP contribution < -0.4 is 5.73 Å². The molecule has 0 aliphatic carbocycles. The van der Waals surface area contributed by atoms with Crippen molar-refractivity contribution in [2.24, 2.45) is 11.7 Å². The van der Waals surface area contributed by atoms with Gasteiger partial charge >= 0.3 is 0 Å². The Hall–Kier alpha value is -0.160. The van der Waals surface area contributed by atoms with Gasteiger partial charge in [0.1, 0.15) is 0 Å². The molecule has 96 valence electrons. The van der Waals surface area contributed by atoms with Gasteiger partial charge in [0.2, 0.25) is 0 Å². The highest BCUT2D eigenvalue weighted by Crippen LogP contribution is 2.06. The Morgan fingerprint density at radius 2 is 1.69 bits per heavy atom. The maximum atomic E-state index is 9.23. The van der Waals surface area contributed by atoms with Crippen molar-refractivity contribution in [3.8, 4) is 0 Å². The summed E-state index contributed by atoms with van der Waals surface area (Å²) in [5.41, 5.74) is 5.63. The van der Waals surface area contributed by atoms with Crippen LogP contribution in [0.4, 0.5) is 0 Å². The average molecular weight is 229 g/mol. The van der Waals surface area contributed by atoms with Gasteiger partial charge in [-0.15, -0.1) is 0 Å². The number of piperazine rings is 1. The molecule has 4 nitrogen and oxygen atoms in total. The van der Waals surface area contributed by atoms with Gasteiger partial charge < -0.3 is 20.6 Å². The number of aliphatic hydroxyl groups is 1. The Morgan fingerprint density at radius 3 is 2.19 bits per heavy atom. The number of hydrogen-bond donors (Lipinski definition) is 2. The Kier molecular flexibility index (Phi) is 6.28. The van der Waals surface area contributed by atoms with Crippen LogP contribution >= 0.6 is 0 Å². The summed E-state index contributed by atoms with van der Waals surface area (Å²) >= 11 is 0. The highest BCUT2D eigenvalue weighted by atomic mass is 16.3. The Balaban J connectivity index is 2.13. The van der Waals surface area contributed by atoms with Gasteiger partial charge in [-0.2, -0.15) is 0 Å². The summed E-state index contributed by atoms with van der Waals surface area (Å²) in [6.07, 6.45) is 0.717. The molecule has 2 atom stereocenters. The monoisotopic (exact) mass is 229 g/mol. The molecule has 0 amide bonds. The van der Waals surface area contributed by atoms with Gasteiger partial charge in [-0.1, -0.05) is 6.92 Å². The average Bonchev–Trinajstić information content (AvgIpc) is 2.28. The van der Waals surface area contributed by atoms with Gasteiger partial charge in [0.15, 0.2) is 0 Å². The predicted molar refractivity (Wildman–Crippen MR) is 67.4 cm³/mol. The maximum Gasteiger partial charge on any atom is 0.0524 e. The zero-order valence-corrected chi connectivity index (χ0v) is 10.7. The van der Waals surface area contributed by atoms with Gasteiger partial charge in [0, 0.05) is 39.3 Å². The topological polar surface area (TPSA) is 52.7 Å². The molecule has 0 saturated carbocycles. The molecular weight excluding hydrogens is 202 g/mol. The molecule has 3 N–H and O–H groups in total. The first-order valence-electron chi connectivity index (χ1n) is 6.44. The van der Waals surface area contributed by atoms with Crippen LogP contribution in [0.5, 0.6) is 0 Å². The normalized spacial score (nSPS) is 23.2. The van der Waals surface area contributed by atoms with Crippen molar-refractivity contribution in [1.82, 2.24) is 9.80 Å². The van der Waals surface area contributed by atoms with Gasteiger partial charge in [0.25, 0.3) is 0 Å². The minimum absolute atomic E-state index is 0.171. The zero-order valence-electron chi connectivity index (χ0n) is 10.7. The highest BCUT2D eigenvalue weighted by molar-refractivity contribution is 4.74. The molecule has 1 saturated heterocycles. The van der Waals surface area contributed by atoms with Crippen LogP contribution in [0.3, 0.4) is 0 Å². The first kappa shape index (κ1) is 13.9. The summed E-state index contributed by atoms with van der Waals surface area (Å²) in [6.45, 7) is 11.5. The van der Waals surface area contributed by atoms with E-state index in [4.69, 9.17) is 5.73 Å². The van der Waals surface area contributed by atoms with E-state index in [0.29, 0.717) is 5.92 Å². The second-order valence-corrected chi connectivity index (χ2v) is 5.12. The quantitative estimate of drug-likeness (QED) is 0.671. The van der Waals surface area contributed by atoms with Crippen LogP contribution in [0.15, 0.2) is 0 Å². The van der Waals surface area contributed by atoms with E-state index in [9.17, 15) is 5.11 Å². The third-order valence-electron chi connectivity index (χ3n) is 3.30. The molecule has 0 bridgehead atoms. The van der Waals surface area contributed by atoms with Gasteiger partial charge in [0.05, 0.1) is 6.10 Å². The molecule has 0 aromatic rings. The zero-order chi connectivity index (χ0) is 12.0. The van der Waals surface area contributed by atoms with E-state index in [0.717, 1.165) is 52.2 Å². The summed E-state index contributed by atoms with van der Waals surface area (Å²) in [5, 5.41) is 9.23. The van der Waals surface area contributed by atoms with E-state index >= 15 is 0 Å². The van der Waals surface area contributed by atoms with Crippen molar-refractivity contribution >= 4 is 0 Å². The molecule has 1 fully saturated rings. The van der Waals surface area contributed by atoms with E-state index in [1.807, 2.05) is 6.92 Å². The summed E-state index contributed by atoms with van der Waals surface area (Å²) in [4.78, 5) is 4.94. The third-order valence-corrected chi connectivity index (χ3v) is 3.30. The largest absolute Gasteiger partial charge is 0.393 e. The standard InChI is InChI=1S/C12H27N3O/c1-11(9-13)10-15-7-5-14(6-8-15)4-3-12(2)16/h11-12,16H,3-10,13H2,1-2H3. The molecule has 1 heterocycles. The second kappa shape index (κ2) is 7.22. The van der Waals surface area contributed by atoms with Crippen LogP contribution in [0.1, 0.15) is 20.3 Å². The molecule has 2 unspecified atom stereocenters. The SMILES string of the molecule is CC(O)CCN1CCN(CC(C)CN)CC1. The minimum Gasteiger partial charge on any atom is -0.393 e. The predicted octanol–water partition coefficient (Wildman–Crippen LogP) is -0.0303. The lowest BCUT2D eigenvalue weighted by molar-refractivity contribution is 0.101. The molecule has 0 spiro atoms. The Bertz CT molecular complexity index is 179. The number of nitrogens with zero attached hydrogens (tertiary/aromatic N) is 2. The lowest BCUT2D eigenvalue weighted by atomic mass is 10.1. The van der Waals surface area contributed by atoms with E-state index < -0.39 is 0 Å². The molecule has 1 aliphatic heterocycles. The summed E-state index contributed by atoms with van der Waals surface area (Å²) in [5.74, 6) is 0.601. The molecule has 0 radical (unpaired) electrons. The molecule has 1 rings (SSSR count). The fourth-order valence-corrected chi connectivity index (χ4v) is 2.08. The van der Waals surface area contributed by atoms with Gasteiger partial charge in [-0.3, -0.25) is 0 Å². The van der Waals surface area contributed by atoms with Gasteiger partial charge in [-0.25, -0.2) is 0 Å². The van der Waals surface area contributed by atoms with E-state index in [1.165, 1.54) is 0 Å². The van der Waals surface area contributed by atoms with Crippen LogP contribution in [0.2, 0.25) is 0 Å². The van der Waals surface area contributed by atoms with Crippen molar-refractivity contribution < 1.29 is 5.11 Å². The van der Waals surface area contributed by atoms with E-state index in [2.05, 4.69) is 16.7 Å². The number of nitrogens with two attached hydrogens (primary N) is 1. The van der Waals surface area contributed by atoms with Crippen LogP contribution in [-0.2, 0) is 0 Å². The van der Waals surface area contributed by atoms with E-state index in [-0.39, 0.29) is 6.10 Å². The fraction of sp³-hybridized carbons (Fsp3) is 1.00. The molecule has 16 heavy (non-hydrogen) atoms. The number of aliphatic hydroxyl groups excluding tert-OH is 1. The molecule has 0 aromatic heterocycles. The molecule has 4 heteroatoms. The smallest absolute Gasteiger partial charge is 0.0524 e. The van der Waals surface area contributed by atoms with Crippen molar-refractivity contribution in [3.63, 3.8) is 0 Å². The van der Waals surface area contributed by atoms with Crippen molar-refractivity contribution in [2.75, 3.05) is 45.8 Å². The van der Waals surface area contributed by atoms with Crippen LogP contribution in [0, 0.1) is 5.92 Å². The van der Waals surface area contributed by atoms with Crippen molar-refractivity contribution in [3.05, 3.63) is 0 Å². The lowest BCUT2D eigenvalue weighted by Gasteiger charge is -2.36. The van der Waals surface area contributed by atoms with Crippen LogP contribution in [0.25, 0.3) is 0 Å². The summed E-state index contributed by atoms with van der Waals surface area (Å²) in [6, 6.07) is 0. The van der Waals surface area contributed by atoms with Crippen LogP contribution in [-0.4, -0.2) is 66.8 Å². The fourth-order valence-electron chi connectivity index (χ4n) is 2.08. The Morgan fingerprint density at radius 1 is 1.12 bits per heavy atom. The summed E-state index contributed by atoms with van der Waals surface area (Å²) < 4.78 is 0. The first-order chi connectivity index (χ1) is 7.61. The summed E-state index contributed by atoms with van der Waals surface area (Å²) in [7, 11) is 0. The molecule has 1 aliphatic rings. The highest BCUT2D eigenvalue weighted by Gasteiger charge is 2.17. The number of rotatable bonds is 6. The lowest BCUT2D eigenvalue weighted by Crippen LogP contribution is -2.48. The van der Waals surface area contributed by atoms with E-state index in [1.54, 1.807) is 0 Å². The van der Waals surface area contributed by atoms with Crippen molar-refractivity contribution in [1.29, 1.82) is 0 Å². The van der Waals surface area contributed by atoms with Crippen molar-refractivity contribution in [2.45, 2.75) is 26.4 Å². The number of hydrogen-bond acceptors (Lipinski definition) is 4. The molecule has 0 aromatic carbocycles. The van der Waals surface area contributed by atoms with Gasteiger partial charge in [-0.05, 0) is 25.8 Å². The third kappa shape index (κ3) is 5.25. The second-order valence-electron chi connectivity index (χ2n) is 5.12. The first-order valence-corrected chi connectivity index (χ1v) is 6.44.